The quantitative estimate of drug-likeness (QED) is 0.823. The highest BCUT2D eigenvalue weighted by atomic mass is 15.3. The lowest BCUT2D eigenvalue weighted by Crippen LogP contribution is -2.47. The average Bonchev–Trinajstić information content (AvgIpc) is 2.94. The lowest BCUT2D eigenvalue weighted by Gasteiger charge is -2.36. The van der Waals surface area contributed by atoms with Gasteiger partial charge in [-0.05, 0) is 32.2 Å². The minimum Gasteiger partial charge on any atom is -0.310 e. The third-order valence-corrected chi connectivity index (χ3v) is 5.08. The van der Waals surface area contributed by atoms with Crippen LogP contribution in [0.3, 0.4) is 0 Å². The summed E-state index contributed by atoms with van der Waals surface area (Å²) in [6.45, 7) is 9.85. The predicted molar refractivity (Wildman–Crippen MR) is 75.9 cm³/mol. The van der Waals surface area contributed by atoms with E-state index in [0.717, 1.165) is 18.1 Å². The zero-order chi connectivity index (χ0) is 12.5. The molecule has 3 rings (SSSR count). The molecule has 3 aliphatic heterocycles. The van der Waals surface area contributed by atoms with Crippen LogP contribution in [0.15, 0.2) is 0 Å². The van der Waals surface area contributed by atoms with Gasteiger partial charge in [-0.15, -0.1) is 0 Å². The molecule has 18 heavy (non-hydrogen) atoms. The van der Waals surface area contributed by atoms with Gasteiger partial charge in [0.15, 0.2) is 0 Å². The van der Waals surface area contributed by atoms with Crippen molar-refractivity contribution < 1.29 is 0 Å². The van der Waals surface area contributed by atoms with Gasteiger partial charge in [-0.25, -0.2) is 0 Å². The second-order valence-corrected chi connectivity index (χ2v) is 6.76. The number of hydrogen-bond donors (Lipinski definition) is 1. The minimum atomic E-state index is 0.629. The van der Waals surface area contributed by atoms with Crippen molar-refractivity contribution >= 4 is 0 Å². The molecular formula is C15H29N3. The molecule has 0 amide bonds. The van der Waals surface area contributed by atoms with E-state index in [2.05, 4.69) is 29.0 Å². The van der Waals surface area contributed by atoms with Crippen molar-refractivity contribution in [1.29, 1.82) is 0 Å². The molecule has 0 bridgehead atoms. The Labute approximate surface area is 112 Å². The molecule has 3 aliphatic rings. The summed E-state index contributed by atoms with van der Waals surface area (Å²) >= 11 is 0. The maximum Gasteiger partial charge on any atom is 0.0264 e. The minimum absolute atomic E-state index is 0.629. The predicted octanol–water partition coefficient (Wildman–Crippen LogP) is 1.69. The number of rotatable bonds is 3. The number of nitrogens with one attached hydrogen (secondary N) is 1. The third kappa shape index (κ3) is 2.59. The van der Waals surface area contributed by atoms with Crippen LogP contribution >= 0.6 is 0 Å². The first kappa shape index (κ1) is 12.9. The maximum absolute atomic E-state index is 3.71. The molecule has 3 fully saturated rings. The van der Waals surface area contributed by atoms with E-state index in [0.29, 0.717) is 6.04 Å². The number of piperidine rings is 1. The summed E-state index contributed by atoms with van der Waals surface area (Å²) in [7, 11) is 0. The molecule has 3 unspecified atom stereocenters. The second-order valence-electron chi connectivity index (χ2n) is 6.76. The van der Waals surface area contributed by atoms with Crippen molar-refractivity contribution in [3.05, 3.63) is 0 Å². The Kier molecular flexibility index (Phi) is 3.92. The highest BCUT2D eigenvalue weighted by Gasteiger charge is 2.40. The van der Waals surface area contributed by atoms with Crippen molar-refractivity contribution in [2.75, 3.05) is 26.2 Å². The van der Waals surface area contributed by atoms with Crippen molar-refractivity contribution in [3.8, 4) is 0 Å². The van der Waals surface area contributed by atoms with Crippen molar-refractivity contribution in [2.45, 2.75) is 70.1 Å². The standard InChI is InChI=1S/C15H29N3/c1-12(2)16-13-6-9-18(11-13)15-7-10-17-8-4-3-5-14(15)17/h12-16H,3-11H2,1-2H3. The van der Waals surface area contributed by atoms with Crippen LogP contribution in [0.25, 0.3) is 0 Å². The molecule has 0 aliphatic carbocycles. The lowest BCUT2D eigenvalue weighted by atomic mass is 9.98. The molecule has 1 N–H and O–H groups in total. The van der Waals surface area contributed by atoms with Crippen LogP contribution in [0, 0.1) is 0 Å². The van der Waals surface area contributed by atoms with E-state index in [-0.39, 0.29) is 0 Å². The monoisotopic (exact) mass is 251 g/mol. The van der Waals surface area contributed by atoms with Crippen LogP contribution in [0.2, 0.25) is 0 Å². The molecule has 3 heteroatoms. The van der Waals surface area contributed by atoms with Crippen molar-refractivity contribution in [3.63, 3.8) is 0 Å². The van der Waals surface area contributed by atoms with Gasteiger partial charge >= 0.3 is 0 Å². The van der Waals surface area contributed by atoms with Crippen molar-refractivity contribution in [1.82, 2.24) is 15.1 Å². The van der Waals surface area contributed by atoms with Gasteiger partial charge in [0.05, 0.1) is 0 Å². The molecule has 0 saturated carbocycles. The summed E-state index contributed by atoms with van der Waals surface area (Å²) in [5.74, 6) is 0. The van der Waals surface area contributed by atoms with Gasteiger partial charge in [0.1, 0.15) is 0 Å². The zero-order valence-electron chi connectivity index (χ0n) is 12.1. The Morgan fingerprint density at radius 3 is 2.50 bits per heavy atom. The summed E-state index contributed by atoms with van der Waals surface area (Å²) < 4.78 is 0. The van der Waals surface area contributed by atoms with E-state index in [1.807, 2.05) is 0 Å². The van der Waals surface area contributed by atoms with Gasteiger partial charge in [0.2, 0.25) is 0 Å². The fourth-order valence-corrected chi connectivity index (χ4v) is 4.34. The largest absolute Gasteiger partial charge is 0.310 e. The zero-order valence-corrected chi connectivity index (χ0v) is 12.1. The summed E-state index contributed by atoms with van der Waals surface area (Å²) in [5, 5.41) is 3.71. The first-order valence-electron chi connectivity index (χ1n) is 7.98. The topological polar surface area (TPSA) is 18.5 Å². The van der Waals surface area contributed by atoms with Crippen molar-refractivity contribution in [2.24, 2.45) is 0 Å². The number of nitrogens with zero attached hydrogens (tertiary/aromatic N) is 2. The van der Waals surface area contributed by atoms with Crippen LogP contribution in [0.5, 0.6) is 0 Å². The van der Waals surface area contributed by atoms with Crippen LogP contribution in [0.4, 0.5) is 0 Å². The summed E-state index contributed by atoms with van der Waals surface area (Å²) in [5.41, 5.74) is 0. The van der Waals surface area contributed by atoms with Crippen LogP contribution < -0.4 is 5.32 Å². The molecule has 0 aromatic heterocycles. The van der Waals surface area contributed by atoms with Gasteiger partial charge in [-0.2, -0.15) is 0 Å². The molecule has 104 valence electrons. The van der Waals surface area contributed by atoms with Gasteiger partial charge in [0, 0.05) is 43.8 Å². The molecular weight excluding hydrogens is 222 g/mol. The van der Waals surface area contributed by atoms with E-state index in [1.54, 1.807) is 0 Å². The van der Waals surface area contributed by atoms with E-state index >= 15 is 0 Å². The highest BCUT2D eigenvalue weighted by Crippen LogP contribution is 2.32. The summed E-state index contributed by atoms with van der Waals surface area (Å²) in [6, 6.07) is 3.12. The average molecular weight is 251 g/mol. The Hall–Kier alpha value is -0.120. The fraction of sp³-hybridized carbons (Fsp3) is 1.00. The number of hydrogen-bond acceptors (Lipinski definition) is 3. The van der Waals surface area contributed by atoms with Gasteiger partial charge < -0.3 is 5.32 Å². The number of likely N-dealkylation sites (tertiary alicyclic amines) is 1. The first-order chi connectivity index (χ1) is 8.74. The van der Waals surface area contributed by atoms with E-state index in [1.165, 1.54) is 58.3 Å². The Balaban J connectivity index is 1.56. The van der Waals surface area contributed by atoms with Crippen LogP contribution in [-0.2, 0) is 0 Å². The second kappa shape index (κ2) is 5.48. The van der Waals surface area contributed by atoms with Crippen LogP contribution in [-0.4, -0.2) is 60.1 Å². The van der Waals surface area contributed by atoms with E-state index in [9.17, 15) is 0 Å². The van der Waals surface area contributed by atoms with Gasteiger partial charge in [-0.1, -0.05) is 20.3 Å². The Morgan fingerprint density at radius 1 is 0.889 bits per heavy atom. The summed E-state index contributed by atoms with van der Waals surface area (Å²) in [6.07, 6.45) is 7.10. The highest BCUT2D eigenvalue weighted by molar-refractivity contribution is 4.98. The van der Waals surface area contributed by atoms with Gasteiger partial charge in [-0.3, -0.25) is 9.80 Å². The van der Waals surface area contributed by atoms with Gasteiger partial charge in [0.25, 0.3) is 0 Å². The molecule has 3 saturated heterocycles. The SMILES string of the molecule is CC(C)NC1CCN(C2CCN3CCCCC23)C1. The molecule has 3 atom stereocenters. The summed E-state index contributed by atoms with van der Waals surface area (Å²) in [4.78, 5) is 5.55. The third-order valence-electron chi connectivity index (χ3n) is 5.08. The molecule has 0 radical (unpaired) electrons. The molecule has 3 heterocycles. The molecule has 0 spiro atoms. The van der Waals surface area contributed by atoms with E-state index < -0.39 is 0 Å². The molecule has 0 aromatic rings. The molecule has 3 nitrogen and oxygen atoms in total. The fourth-order valence-electron chi connectivity index (χ4n) is 4.34. The Morgan fingerprint density at radius 2 is 1.67 bits per heavy atom. The normalized spacial score (nSPS) is 38.5. The molecule has 0 aromatic carbocycles. The smallest absolute Gasteiger partial charge is 0.0264 e. The first-order valence-corrected chi connectivity index (χ1v) is 7.98. The maximum atomic E-state index is 3.71. The van der Waals surface area contributed by atoms with Crippen LogP contribution in [0.1, 0.15) is 46.0 Å². The Bertz CT molecular complexity index is 279. The lowest BCUT2D eigenvalue weighted by molar-refractivity contribution is 0.128. The van der Waals surface area contributed by atoms with E-state index in [4.69, 9.17) is 0 Å². The number of fused-ring (bicyclic) bond motifs is 1.